The fourth-order valence-corrected chi connectivity index (χ4v) is 3.29. The van der Waals surface area contributed by atoms with Gasteiger partial charge in [0.05, 0.1) is 31.3 Å². The van der Waals surface area contributed by atoms with Gasteiger partial charge in [-0.1, -0.05) is 29.8 Å². The summed E-state index contributed by atoms with van der Waals surface area (Å²) in [6.45, 7) is 5.57. The minimum absolute atomic E-state index is 0.120. The maximum Gasteiger partial charge on any atom is 0.311 e. The van der Waals surface area contributed by atoms with Crippen LogP contribution >= 0.6 is 0 Å². The van der Waals surface area contributed by atoms with Crippen molar-refractivity contribution in [3.05, 3.63) is 69.3 Å². The number of rotatable bonds is 7. The third-order valence-corrected chi connectivity index (χ3v) is 4.97. The Morgan fingerprint density at radius 1 is 1.24 bits per heavy atom. The molecule has 2 aromatic rings. The number of ether oxygens (including phenoxy) is 2. The molecule has 0 radical (unpaired) electrons. The smallest absolute Gasteiger partial charge is 0.311 e. The summed E-state index contributed by atoms with van der Waals surface area (Å²) in [5, 5.41) is 14.3. The van der Waals surface area contributed by atoms with E-state index in [-0.39, 0.29) is 28.9 Å². The van der Waals surface area contributed by atoms with Gasteiger partial charge in [0.15, 0.2) is 5.75 Å². The number of aryl methyl sites for hydroxylation is 1. The molecule has 1 heterocycles. The molecule has 1 atom stereocenters. The third kappa shape index (κ3) is 5.30. The van der Waals surface area contributed by atoms with Gasteiger partial charge in [-0.3, -0.25) is 19.8 Å². The molecular weight excluding hydrogens is 374 g/mol. The average molecular weight is 399 g/mol. The van der Waals surface area contributed by atoms with Gasteiger partial charge in [0.1, 0.15) is 0 Å². The number of morpholine rings is 1. The summed E-state index contributed by atoms with van der Waals surface area (Å²) in [6, 6.07) is 12.0. The molecule has 8 heteroatoms. The molecule has 29 heavy (non-hydrogen) atoms. The molecule has 154 valence electrons. The van der Waals surface area contributed by atoms with Crippen LogP contribution in [0.5, 0.6) is 5.75 Å². The second kappa shape index (κ2) is 9.49. The number of carbonyl (C=O) groups is 1. The van der Waals surface area contributed by atoms with Crippen molar-refractivity contribution in [2.75, 3.05) is 40.0 Å². The second-order valence-corrected chi connectivity index (χ2v) is 6.99. The first kappa shape index (κ1) is 20.8. The minimum atomic E-state index is -0.555. The van der Waals surface area contributed by atoms with Gasteiger partial charge in [-0.2, -0.15) is 0 Å². The van der Waals surface area contributed by atoms with Crippen LogP contribution < -0.4 is 10.1 Å². The lowest BCUT2D eigenvalue weighted by Crippen LogP contribution is -2.43. The maximum absolute atomic E-state index is 12.9. The molecule has 0 spiro atoms. The molecule has 0 aromatic heterocycles. The van der Waals surface area contributed by atoms with Crippen molar-refractivity contribution in [1.29, 1.82) is 0 Å². The zero-order chi connectivity index (χ0) is 20.8. The van der Waals surface area contributed by atoms with Gasteiger partial charge >= 0.3 is 5.69 Å². The van der Waals surface area contributed by atoms with Crippen molar-refractivity contribution in [3.63, 3.8) is 0 Å². The Morgan fingerprint density at radius 2 is 1.93 bits per heavy atom. The molecular formula is C21H25N3O5. The van der Waals surface area contributed by atoms with Crippen molar-refractivity contribution < 1.29 is 19.2 Å². The van der Waals surface area contributed by atoms with Crippen molar-refractivity contribution in [3.8, 4) is 5.75 Å². The topological polar surface area (TPSA) is 93.9 Å². The summed E-state index contributed by atoms with van der Waals surface area (Å²) in [5.41, 5.74) is 2.10. The molecule has 1 aliphatic heterocycles. The number of carbonyl (C=O) groups excluding carboxylic acids is 1. The van der Waals surface area contributed by atoms with E-state index in [4.69, 9.17) is 9.47 Å². The molecule has 1 N–H and O–H groups in total. The van der Waals surface area contributed by atoms with Gasteiger partial charge in [-0.05, 0) is 24.6 Å². The molecule has 0 bridgehead atoms. The zero-order valence-electron chi connectivity index (χ0n) is 16.6. The Morgan fingerprint density at radius 3 is 2.55 bits per heavy atom. The van der Waals surface area contributed by atoms with E-state index in [9.17, 15) is 14.9 Å². The van der Waals surface area contributed by atoms with E-state index in [1.54, 1.807) is 0 Å². The van der Waals surface area contributed by atoms with E-state index < -0.39 is 4.92 Å². The molecule has 0 saturated carbocycles. The number of methoxy groups -OCH3 is 1. The fourth-order valence-electron chi connectivity index (χ4n) is 3.29. The van der Waals surface area contributed by atoms with Crippen LogP contribution in [0.3, 0.4) is 0 Å². The number of nitrogens with zero attached hydrogens (tertiary/aromatic N) is 2. The van der Waals surface area contributed by atoms with Crippen LogP contribution in [0.1, 0.15) is 27.5 Å². The van der Waals surface area contributed by atoms with E-state index in [1.807, 2.05) is 31.2 Å². The molecule has 3 rings (SSSR count). The summed E-state index contributed by atoms with van der Waals surface area (Å²) >= 11 is 0. The van der Waals surface area contributed by atoms with Gasteiger partial charge in [0, 0.05) is 31.3 Å². The molecule has 1 saturated heterocycles. The van der Waals surface area contributed by atoms with Crippen molar-refractivity contribution in [2.24, 2.45) is 0 Å². The highest BCUT2D eigenvalue weighted by molar-refractivity contribution is 5.95. The van der Waals surface area contributed by atoms with Gasteiger partial charge in [-0.15, -0.1) is 0 Å². The lowest BCUT2D eigenvalue weighted by atomic mass is 10.0. The Bertz CT molecular complexity index is 863. The first-order valence-electron chi connectivity index (χ1n) is 9.48. The number of benzene rings is 2. The monoisotopic (exact) mass is 399 g/mol. The molecule has 2 aromatic carbocycles. The highest BCUT2D eigenvalue weighted by atomic mass is 16.6. The first-order valence-corrected chi connectivity index (χ1v) is 9.48. The molecule has 0 unspecified atom stereocenters. The van der Waals surface area contributed by atoms with Crippen LogP contribution in [-0.2, 0) is 4.74 Å². The largest absolute Gasteiger partial charge is 0.490 e. The summed E-state index contributed by atoms with van der Waals surface area (Å²) in [6.07, 6.45) is 0. The minimum Gasteiger partial charge on any atom is -0.490 e. The number of nitro benzene ring substituents is 1. The number of amides is 1. The highest BCUT2D eigenvalue weighted by Gasteiger charge is 2.23. The van der Waals surface area contributed by atoms with Crippen molar-refractivity contribution in [2.45, 2.75) is 13.0 Å². The number of hydrogen-bond donors (Lipinski definition) is 1. The van der Waals surface area contributed by atoms with E-state index in [1.165, 1.54) is 25.3 Å². The predicted molar refractivity (Wildman–Crippen MR) is 108 cm³/mol. The molecule has 8 nitrogen and oxygen atoms in total. The Balaban J connectivity index is 1.82. The predicted octanol–water partition coefficient (Wildman–Crippen LogP) is 2.72. The van der Waals surface area contributed by atoms with Gasteiger partial charge in [0.25, 0.3) is 5.91 Å². The first-order chi connectivity index (χ1) is 14.0. The van der Waals surface area contributed by atoms with Crippen LogP contribution in [0.4, 0.5) is 5.69 Å². The lowest BCUT2D eigenvalue weighted by Gasteiger charge is -2.31. The Labute approximate surface area is 169 Å². The van der Waals surface area contributed by atoms with Gasteiger partial charge < -0.3 is 14.8 Å². The van der Waals surface area contributed by atoms with E-state index in [0.29, 0.717) is 19.8 Å². The van der Waals surface area contributed by atoms with Crippen LogP contribution in [0.2, 0.25) is 0 Å². The van der Waals surface area contributed by atoms with E-state index in [2.05, 4.69) is 10.2 Å². The van der Waals surface area contributed by atoms with Crippen molar-refractivity contribution >= 4 is 11.6 Å². The third-order valence-electron chi connectivity index (χ3n) is 4.97. The maximum atomic E-state index is 12.9. The Hall–Kier alpha value is -2.97. The second-order valence-electron chi connectivity index (χ2n) is 6.99. The number of nitrogens with one attached hydrogen (secondary N) is 1. The standard InChI is InChI=1S/C21H25N3O5/c1-15-3-5-16(6-4-15)18(14-23-9-11-29-12-10-23)22-21(25)17-7-8-20(28-2)19(13-17)24(26)27/h3-8,13,18H,9-12,14H2,1-2H3,(H,22,25)/t18-/m1/s1. The van der Waals surface area contributed by atoms with Crippen LogP contribution in [0.25, 0.3) is 0 Å². The van der Waals surface area contributed by atoms with E-state index in [0.717, 1.165) is 24.2 Å². The molecule has 1 amide bonds. The van der Waals surface area contributed by atoms with Crippen LogP contribution in [0.15, 0.2) is 42.5 Å². The molecule has 1 fully saturated rings. The van der Waals surface area contributed by atoms with E-state index >= 15 is 0 Å². The SMILES string of the molecule is COc1ccc(C(=O)N[C@H](CN2CCOCC2)c2ccc(C)cc2)cc1[N+](=O)[O-]. The summed E-state index contributed by atoms with van der Waals surface area (Å²) < 4.78 is 10.4. The quantitative estimate of drug-likeness (QED) is 0.568. The normalized spacial score (nSPS) is 15.5. The summed E-state index contributed by atoms with van der Waals surface area (Å²) in [4.78, 5) is 25.8. The molecule has 1 aliphatic rings. The highest BCUT2D eigenvalue weighted by Crippen LogP contribution is 2.28. The van der Waals surface area contributed by atoms with Crippen molar-refractivity contribution in [1.82, 2.24) is 10.2 Å². The molecule has 0 aliphatic carbocycles. The zero-order valence-corrected chi connectivity index (χ0v) is 16.6. The fraction of sp³-hybridized carbons (Fsp3) is 0.381. The summed E-state index contributed by atoms with van der Waals surface area (Å²) in [7, 11) is 1.36. The van der Waals surface area contributed by atoms with Gasteiger partial charge in [0.2, 0.25) is 0 Å². The number of hydrogen-bond acceptors (Lipinski definition) is 6. The van der Waals surface area contributed by atoms with Gasteiger partial charge in [-0.25, -0.2) is 0 Å². The summed E-state index contributed by atoms with van der Waals surface area (Å²) in [5.74, 6) is -0.246. The van der Waals surface area contributed by atoms with Crippen LogP contribution in [-0.4, -0.2) is 55.7 Å². The average Bonchev–Trinajstić information content (AvgIpc) is 2.74. The number of nitro groups is 1. The van der Waals surface area contributed by atoms with Crippen LogP contribution in [0, 0.1) is 17.0 Å². The Kier molecular flexibility index (Phi) is 6.79. The lowest BCUT2D eigenvalue weighted by molar-refractivity contribution is -0.385.